The Hall–Kier alpha value is -2.18. The van der Waals surface area contributed by atoms with Crippen molar-refractivity contribution in [2.45, 2.75) is 83.2 Å². The first-order chi connectivity index (χ1) is 15.0. The van der Waals surface area contributed by atoms with Crippen molar-refractivity contribution in [3.8, 4) is 6.07 Å². The molecule has 0 N–H and O–H groups in total. The molecule has 31 heavy (non-hydrogen) atoms. The second kappa shape index (κ2) is 10.9. The number of benzene rings is 2. The van der Waals surface area contributed by atoms with Crippen molar-refractivity contribution in [1.29, 1.82) is 5.26 Å². The lowest BCUT2D eigenvalue weighted by Gasteiger charge is -2.38. The average Bonchev–Trinajstić information content (AvgIpc) is 3.31. The Morgan fingerprint density at radius 3 is 2.29 bits per heavy atom. The minimum Gasteiger partial charge on any atom is -0.298 e. The van der Waals surface area contributed by atoms with Gasteiger partial charge in [-0.2, -0.15) is 5.26 Å². The van der Waals surface area contributed by atoms with Gasteiger partial charge >= 0.3 is 0 Å². The molecule has 0 heterocycles. The van der Waals surface area contributed by atoms with E-state index < -0.39 is 5.41 Å². The summed E-state index contributed by atoms with van der Waals surface area (Å²) in [6.07, 6.45) is 6.97. The predicted molar refractivity (Wildman–Crippen MR) is 126 cm³/mol. The second-order valence-corrected chi connectivity index (χ2v) is 9.50. The number of nitriles is 1. The van der Waals surface area contributed by atoms with E-state index in [2.05, 4.69) is 62.1 Å². The van der Waals surface area contributed by atoms with E-state index >= 15 is 0 Å². The summed E-state index contributed by atoms with van der Waals surface area (Å²) >= 11 is 0. The van der Waals surface area contributed by atoms with Crippen LogP contribution in [0.4, 0.5) is 4.39 Å². The molecule has 1 saturated carbocycles. The Bertz CT molecular complexity index is 851. The third kappa shape index (κ3) is 5.55. The maximum atomic E-state index is 14.9. The maximum Gasteiger partial charge on any atom is 0.128 e. The SMILES string of the molecule is CC(C)N(CCc1ccccc1)C(C)CCC(C#N)(c1ccccc1F)C1CCCC1. The van der Waals surface area contributed by atoms with Gasteiger partial charge in [0.2, 0.25) is 0 Å². The van der Waals surface area contributed by atoms with E-state index in [1.807, 2.05) is 12.1 Å². The Morgan fingerprint density at radius 1 is 1.03 bits per heavy atom. The van der Waals surface area contributed by atoms with Crippen molar-refractivity contribution in [1.82, 2.24) is 4.90 Å². The Labute approximate surface area is 188 Å². The topological polar surface area (TPSA) is 27.0 Å². The molecule has 2 nitrogen and oxygen atoms in total. The first kappa shape index (κ1) is 23.5. The second-order valence-electron chi connectivity index (χ2n) is 9.50. The normalized spacial score (nSPS) is 17.6. The van der Waals surface area contributed by atoms with Gasteiger partial charge in [0, 0.05) is 24.2 Å². The molecule has 1 fully saturated rings. The molecule has 0 saturated heterocycles. The lowest BCUT2D eigenvalue weighted by molar-refractivity contribution is 0.146. The molecule has 0 amide bonds. The van der Waals surface area contributed by atoms with Crippen LogP contribution < -0.4 is 0 Å². The smallest absolute Gasteiger partial charge is 0.128 e. The lowest BCUT2D eigenvalue weighted by atomic mass is 9.67. The van der Waals surface area contributed by atoms with Crippen LogP contribution in [0.2, 0.25) is 0 Å². The molecule has 2 atom stereocenters. The highest BCUT2D eigenvalue weighted by molar-refractivity contribution is 5.35. The lowest BCUT2D eigenvalue weighted by Crippen LogP contribution is -2.42. The molecule has 2 unspecified atom stereocenters. The van der Waals surface area contributed by atoms with E-state index in [9.17, 15) is 9.65 Å². The summed E-state index contributed by atoms with van der Waals surface area (Å²) in [4.78, 5) is 2.53. The highest BCUT2D eigenvalue weighted by atomic mass is 19.1. The molecule has 3 rings (SSSR count). The highest BCUT2D eigenvalue weighted by Gasteiger charge is 2.43. The van der Waals surface area contributed by atoms with Crippen LogP contribution in [-0.4, -0.2) is 23.5 Å². The van der Waals surface area contributed by atoms with Gasteiger partial charge in [-0.3, -0.25) is 4.90 Å². The van der Waals surface area contributed by atoms with Crippen LogP contribution in [0, 0.1) is 23.1 Å². The zero-order chi connectivity index (χ0) is 22.3. The van der Waals surface area contributed by atoms with Crippen LogP contribution in [0.3, 0.4) is 0 Å². The van der Waals surface area contributed by atoms with Gasteiger partial charge in [-0.25, -0.2) is 4.39 Å². The molecule has 0 aromatic heterocycles. The van der Waals surface area contributed by atoms with Crippen LogP contribution in [0.25, 0.3) is 0 Å². The zero-order valence-corrected chi connectivity index (χ0v) is 19.4. The van der Waals surface area contributed by atoms with Crippen molar-refractivity contribution in [2.24, 2.45) is 5.92 Å². The summed E-state index contributed by atoms with van der Waals surface area (Å²) < 4.78 is 14.9. The third-order valence-electron chi connectivity index (χ3n) is 7.29. The van der Waals surface area contributed by atoms with Gasteiger partial charge in [0.25, 0.3) is 0 Å². The standard InChI is InChI=1S/C28H37FN2/c1-22(2)31(20-18-24-11-5-4-6-12-24)23(3)17-19-28(21-30,25-13-7-8-14-25)26-15-9-10-16-27(26)29/h4-6,9-12,15-16,22-23,25H,7-8,13-14,17-20H2,1-3H3. The van der Waals surface area contributed by atoms with Crippen LogP contribution in [0.5, 0.6) is 0 Å². The van der Waals surface area contributed by atoms with Crippen LogP contribution in [-0.2, 0) is 11.8 Å². The molecule has 1 aliphatic rings. The van der Waals surface area contributed by atoms with E-state index in [0.717, 1.165) is 45.1 Å². The number of hydrogen-bond donors (Lipinski definition) is 0. The minimum absolute atomic E-state index is 0.228. The van der Waals surface area contributed by atoms with Gasteiger partial charge in [-0.15, -0.1) is 0 Å². The number of rotatable bonds is 10. The summed E-state index contributed by atoms with van der Waals surface area (Å²) in [5, 5.41) is 10.4. The Kier molecular flexibility index (Phi) is 8.27. The summed E-state index contributed by atoms with van der Waals surface area (Å²) in [7, 11) is 0. The fourth-order valence-corrected chi connectivity index (χ4v) is 5.50. The van der Waals surface area contributed by atoms with Gasteiger partial charge in [-0.1, -0.05) is 61.4 Å². The Balaban J connectivity index is 1.76. The van der Waals surface area contributed by atoms with Crippen molar-refractivity contribution < 1.29 is 4.39 Å². The van der Waals surface area contributed by atoms with E-state index in [4.69, 9.17) is 0 Å². The molecule has 0 radical (unpaired) electrons. The summed E-state index contributed by atoms with van der Waals surface area (Å²) in [5.41, 5.74) is 1.24. The monoisotopic (exact) mass is 420 g/mol. The molecule has 1 aliphatic carbocycles. The third-order valence-corrected chi connectivity index (χ3v) is 7.29. The van der Waals surface area contributed by atoms with E-state index in [1.165, 1.54) is 11.6 Å². The van der Waals surface area contributed by atoms with Gasteiger partial charge in [-0.05, 0) is 70.4 Å². The number of hydrogen-bond acceptors (Lipinski definition) is 2. The van der Waals surface area contributed by atoms with E-state index in [0.29, 0.717) is 24.1 Å². The molecule has 0 spiro atoms. The molecule has 2 aromatic rings. The van der Waals surface area contributed by atoms with Crippen molar-refractivity contribution in [2.75, 3.05) is 6.54 Å². The largest absolute Gasteiger partial charge is 0.298 e. The predicted octanol–water partition coefficient (Wildman–Crippen LogP) is 6.90. The van der Waals surface area contributed by atoms with Gasteiger partial charge < -0.3 is 0 Å². The van der Waals surface area contributed by atoms with E-state index in [1.54, 1.807) is 6.07 Å². The summed E-state index contributed by atoms with van der Waals surface area (Å²) in [6.45, 7) is 7.74. The molecule has 0 aliphatic heterocycles. The van der Waals surface area contributed by atoms with Crippen molar-refractivity contribution in [3.63, 3.8) is 0 Å². The molecule has 2 aromatic carbocycles. The average molecular weight is 421 g/mol. The maximum absolute atomic E-state index is 14.9. The fraction of sp³-hybridized carbons (Fsp3) is 0.536. The van der Waals surface area contributed by atoms with Crippen LogP contribution in [0.15, 0.2) is 54.6 Å². The van der Waals surface area contributed by atoms with Crippen molar-refractivity contribution >= 4 is 0 Å². The molecule has 166 valence electrons. The molecular weight excluding hydrogens is 383 g/mol. The quantitative estimate of drug-likeness (QED) is 0.418. The number of nitrogens with zero attached hydrogens (tertiary/aromatic N) is 2. The fourth-order valence-electron chi connectivity index (χ4n) is 5.50. The van der Waals surface area contributed by atoms with E-state index in [-0.39, 0.29) is 11.7 Å². The van der Waals surface area contributed by atoms with Crippen LogP contribution in [0.1, 0.15) is 70.4 Å². The zero-order valence-electron chi connectivity index (χ0n) is 19.4. The number of halogens is 1. The molecule has 3 heteroatoms. The molecular formula is C28H37FN2. The molecule has 0 bridgehead atoms. The summed E-state index contributed by atoms with van der Waals surface area (Å²) in [6, 6.07) is 21.0. The van der Waals surface area contributed by atoms with Crippen molar-refractivity contribution in [3.05, 3.63) is 71.5 Å². The minimum atomic E-state index is -0.724. The van der Waals surface area contributed by atoms with Gasteiger partial charge in [0.15, 0.2) is 0 Å². The highest BCUT2D eigenvalue weighted by Crippen LogP contribution is 2.46. The first-order valence-corrected chi connectivity index (χ1v) is 11.9. The van der Waals surface area contributed by atoms with Gasteiger partial charge in [0.1, 0.15) is 5.82 Å². The van der Waals surface area contributed by atoms with Crippen LogP contribution >= 0.6 is 0 Å². The van der Waals surface area contributed by atoms with Gasteiger partial charge in [0.05, 0.1) is 11.5 Å². The summed E-state index contributed by atoms with van der Waals surface area (Å²) in [5.74, 6) is 0.0202. The first-order valence-electron chi connectivity index (χ1n) is 11.9. The Morgan fingerprint density at radius 2 is 1.68 bits per heavy atom.